The molecule has 5 nitrogen and oxygen atoms in total. The number of hydrogen-bond acceptors (Lipinski definition) is 5. The number of nitrogens with zero attached hydrogens (tertiary/aromatic N) is 3. The highest BCUT2D eigenvalue weighted by molar-refractivity contribution is 5.66. The zero-order valence-electron chi connectivity index (χ0n) is 7.98. The summed E-state index contributed by atoms with van der Waals surface area (Å²) >= 11 is 0. The van der Waals surface area contributed by atoms with Crippen LogP contribution < -0.4 is 0 Å². The van der Waals surface area contributed by atoms with Gasteiger partial charge in [-0.1, -0.05) is 11.6 Å². The minimum Gasteiger partial charge on any atom is -0.331 e. The SMILES string of the molecule is O=Cc1nc(CN2CCCCC2)no1. The van der Waals surface area contributed by atoms with Gasteiger partial charge in [0, 0.05) is 0 Å². The van der Waals surface area contributed by atoms with E-state index < -0.39 is 0 Å². The summed E-state index contributed by atoms with van der Waals surface area (Å²) < 4.78 is 4.70. The lowest BCUT2D eigenvalue weighted by atomic mass is 10.1. The molecule has 0 unspecified atom stereocenters. The van der Waals surface area contributed by atoms with Crippen LogP contribution in [0.2, 0.25) is 0 Å². The number of aromatic nitrogens is 2. The first-order chi connectivity index (χ1) is 6.88. The standard InChI is InChI=1S/C9H13N3O2/c13-7-9-10-8(11-14-9)6-12-4-2-1-3-5-12/h7H,1-6H2. The fourth-order valence-corrected chi connectivity index (χ4v) is 1.70. The summed E-state index contributed by atoms with van der Waals surface area (Å²) in [7, 11) is 0. The molecule has 76 valence electrons. The van der Waals surface area contributed by atoms with E-state index in [0.717, 1.165) is 13.1 Å². The van der Waals surface area contributed by atoms with Crippen molar-refractivity contribution < 1.29 is 9.32 Å². The molecule has 0 N–H and O–H groups in total. The summed E-state index contributed by atoms with van der Waals surface area (Å²) in [5.41, 5.74) is 0. The van der Waals surface area contributed by atoms with Crippen molar-refractivity contribution in [2.75, 3.05) is 13.1 Å². The molecule has 2 rings (SSSR count). The van der Waals surface area contributed by atoms with Gasteiger partial charge in [-0.3, -0.25) is 9.69 Å². The highest BCUT2D eigenvalue weighted by Gasteiger charge is 2.13. The molecule has 1 aliphatic rings. The molecule has 0 aromatic carbocycles. The number of aldehydes is 1. The van der Waals surface area contributed by atoms with E-state index in [9.17, 15) is 4.79 Å². The van der Waals surface area contributed by atoms with Gasteiger partial charge in [-0.2, -0.15) is 4.98 Å². The zero-order chi connectivity index (χ0) is 9.80. The Labute approximate surface area is 82.1 Å². The first-order valence-electron chi connectivity index (χ1n) is 4.88. The summed E-state index contributed by atoms with van der Waals surface area (Å²) in [4.78, 5) is 16.5. The molecule has 1 aromatic heterocycles. The van der Waals surface area contributed by atoms with E-state index in [1.165, 1.54) is 19.3 Å². The molecule has 1 fully saturated rings. The molecule has 1 saturated heterocycles. The number of piperidine rings is 1. The van der Waals surface area contributed by atoms with Gasteiger partial charge in [-0.05, 0) is 25.9 Å². The van der Waals surface area contributed by atoms with E-state index in [4.69, 9.17) is 4.52 Å². The Morgan fingerprint density at radius 2 is 2.14 bits per heavy atom. The van der Waals surface area contributed by atoms with Crippen LogP contribution in [0.4, 0.5) is 0 Å². The molecule has 2 heterocycles. The number of carbonyl (C=O) groups excluding carboxylic acids is 1. The van der Waals surface area contributed by atoms with Crippen molar-refractivity contribution in [1.29, 1.82) is 0 Å². The van der Waals surface area contributed by atoms with E-state index in [-0.39, 0.29) is 5.89 Å². The largest absolute Gasteiger partial charge is 0.331 e. The number of rotatable bonds is 3. The molecule has 14 heavy (non-hydrogen) atoms. The smallest absolute Gasteiger partial charge is 0.290 e. The molecule has 1 aromatic rings. The lowest BCUT2D eigenvalue weighted by Crippen LogP contribution is -2.29. The third-order valence-electron chi connectivity index (χ3n) is 2.40. The summed E-state index contributed by atoms with van der Waals surface area (Å²) in [6, 6.07) is 0. The maximum Gasteiger partial charge on any atom is 0.290 e. The van der Waals surface area contributed by atoms with E-state index in [2.05, 4.69) is 15.0 Å². The first kappa shape index (κ1) is 9.33. The lowest BCUT2D eigenvalue weighted by Gasteiger charge is -2.24. The van der Waals surface area contributed by atoms with Gasteiger partial charge in [0.2, 0.25) is 6.29 Å². The van der Waals surface area contributed by atoms with Gasteiger partial charge < -0.3 is 4.52 Å². The Hall–Kier alpha value is -1.23. The minimum absolute atomic E-state index is 0.0667. The van der Waals surface area contributed by atoms with Crippen LogP contribution in [0.1, 0.15) is 35.8 Å². The van der Waals surface area contributed by atoms with E-state index in [1.807, 2.05) is 0 Å². The van der Waals surface area contributed by atoms with Crippen molar-refractivity contribution in [2.45, 2.75) is 25.8 Å². The second kappa shape index (κ2) is 4.32. The van der Waals surface area contributed by atoms with Crippen LogP contribution >= 0.6 is 0 Å². The minimum atomic E-state index is 0.0667. The first-order valence-corrected chi connectivity index (χ1v) is 4.88. The summed E-state index contributed by atoms with van der Waals surface area (Å²) in [5.74, 6) is 0.672. The van der Waals surface area contributed by atoms with Gasteiger partial charge in [0.05, 0.1) is 6.54 Å². The molecule has 0 radical (unpaired) electrons. The Morgan fingerprint density at radius 1 is 1.36 bits per heavy atom. The summed E-state index contributed by atoms with van der Waals surface area (Å²) in [6.07, 6.45) is 4.35. The van der Waals surface area contributed by atoms with Crippen molar-refractivity contribution in [1.82, 2.24) is 15.0 Å². The Bertz CT molecular complexity index is 305. The van der Waals surface area contributed by atoms with Gasteiger partial charge in [0.1, 0.15) is 0 Å². The van der Waals surface area contributed by atoms with Crippen LogP contribution in [-0.2, 0) is 6.54 Å². The molecule has 1 aliphatic heterocycles. The zero-order valence-corrected chi connectivity index (χ0v) is 7.98. The van der Waals surface area contributed by atoms with Gasteiger partial charge in [0.15, 0.2) is 5.82 Å². The summed E-state index contributed by atoms with van der Waals surface area (Å²) in [6.45, 7) is 2.87. The second-order valence-corrected chi connectivity index (χ2v) is 3.50. The molecular formula is C9H13N3O2. The van der Waals surface area contributed by atoms with Crippen molar-refractivity contribution in [3.8, 4) is 0 Å². The molecule has 5 heteroatoms. The molecule has 0 saturated carbocycles. The van der Waals surface area contributed by atoms with Crippen LogP contribution in [-0.4, -0.2) is 34.4 Å². The van der Waals surface area contributed by atoms with Crippen LogP contribution in [0.25, 0.3) is 0 Å². The van der Waals surface area contributed by atoms with Crippen LogP contribution in [0, 0.1) is 0 Å². The molecule has 0 aliphatic carbocycles. The molecular weight excluding hydrogens is 182 g/mol. The number of likely N-dealkylation sites (tertiary alicyclic amines) is 1. The Kier molecular flexibility index (Phi) is 2.88. The third-order valence-corrected chi connectivity index (χ3v) is 2.40. The monoisotopic (exact) mass is 195 g/mol. The second-order valence-electron chi connectivity index (χ2n) is 3.50. The normalized spacial score (nSPS) is 18.3. The van der Waals surface area contributed by atoms with Gasteiger partial charge in [-0.15, -0.1) is 0 Å². The van der Waals surface area contributed by atoms with E-state index in [1.54, 1.807) is 0 Å². The average molecular weight is 195 g/mol. The molecule has 0 atom stereocenters. The predicted octanol–water partition coefficient (Wildman–Crippen LogP) is 0.868. The lowest BCUT2D eigenvalue weighted by molar-refractivity contribution is 0.108. The van der Waals surface area contributed by atoms with E-state index >= 15 is 0 Å². The average Bonchev–Trinajstić information content (AvgIpc) is 2.67. The number of hydrogen-bond donors (Lipinski definition) is 0. The summed E-state index contributed by atoms with van der Waals surface area (Å²) in [5, 5.41) is 3.72. The number of carbonyl (C=O) groups is 1. The van der Waals surface area contributed by atoms with Gasteiger partial charge >= 0.3 is 0 Å². The van der Waals surface area contributed by atoms with Crippen molar-refractivity contribution >= 4 is 6.29 Å². The third kappa shape index (κ3) is 2.17. The quantitative estimate of drug-likeness (QED) is 0.670. The van der Waals surface area contributed by atoms with Crippen molar-refractivity contribution in [3.63, 3.8) is 0 Å². The van der Waals surface area contributed by atoms with Crippen LogP contribution in [0.15, 0.2) is 4.52 Å². The van der Waals surface area contributed by atoms with Crippen LogP contribution in [0.3, 0.4) is 0 Å². The Morgan fingerprint density at radius 3 is 2.79 bits per heavy atom. The Balaban J connectivity index is 1.92. The fourth-order valence-electron chi connectivity index (χ4n) is 1.70. The highest BCUT2D eigenvalue weighted by Crippen LogP contribution is 2.10. The van der Waals surface area contributed by atoms with Gasteiger partial charge in [0.25, 0.3) is 5.89 Å². The molecule has 0 bridgehead atoms. The fraction of sp³-hybridized carbons (Fsp3) is 0.667. The van der Waals surface area contributed by atoms with Gasteiger partial charge in [-0.25, -0.2) is 0 Å². The van der Waals surface area contributed by atoms with Crippen molar-refractivity contribution in [2.24, 2.45) is 0 Å². The maximum atomic E-state index is 10.3. The molecule has 0 spiro atoms. The van der Waals surface area contributed by atoms with Crippen molar-refractivity contribution in [3.05, 3.63) is 11.7 Å². The topological polar surface area (TPSA) is 59.2 Å². The highest BCUT2D eigenvalue weighted by atomic mass is 16.5. The van der Waals surface area contributed by atoms with E-state index in [0.29, 0.717) is 18.7 Å². The predicted molar refractivity (Wildman–Crippen MR) is 48.8 cm³/mol. The maximum absolute atomic E-state index is 10.3. The molecule has 0 amide bonds. The van der Waals surface area contributed by atoms with Crippen LogP contribution in [0.5, 0.6) is 0 Å².